The van der Waals surface area contributed by atoms with Crippen molar-refractivity contribution in [3.05, 3.63) is 35.2 Å². The second kappa shape index (κ2) is 7.24. The molecule has 29 heavy (non-hydrogen) atoms. The Morgan fingerprint density at radius 2 is 1.83 bits per heavy atom. The number of ether oxygens (including phenoxy) is 1. The highest BCUT2D eigenvalue weighted by Crippen LogP contribution is 2.39. The van der Waals surface area contributed by atoms with Gasteiger partial charge in [-0.15, -0.1) is 0 Å². The molecule has 0 aromatic carbocycles. The van der Waals surface area contributed by atoms with E-state index in [0.717, 1.165) is 60.4 Å². The average molecular weight is 393 g/mol. The van der Waals surface area contributed by atoms with Crippen molar-refractivity contribution in [1.29, 1.82) is 0 Å². The van der Waals surface area contributed by atoms with Crippen LogP contribution >= 0.6 is 0 Å². The lowest BCUT2D eigenvalue weighted by atomic mass is 9.98. The Bertz CT molecular complexity index is 1030. The Balaban J connectivity index is 1.23. The molecule has 0 spiro atoms. The molecule has 0 atom stereocenters. The zero-order chi connectivity index (χ0) is 20.0. The Morgan fingerprint density at radius 3 is 2.59 bits per heavy atom. The van der Waals surface area contributed by atoms with Crippen molar-refractivity contribution >= 4 is 11.6 Å². The maximum absolute atomic E-state index is 6.19. The molecular weight excluding hydrogens is 366 g/mol. The molecule has 2 fully saturated rings. The molecule has 0 unspecified atom stereocenters. The molecule has 1 saturated carbocycles. The summed E-state index contributed by atoms with van der Waals surface area (Å²) in [5.74, 6) is 4.53. The Labute approximate surface area is 170 Å². The standard InChI is InChI=1S/C21H27N7O/c1-13-10-18(28-21(24-13)22-12-23-28)27-8-6-16(7-9-27)11-29-20-14(2)15(3)25-19(26-20)17-4-5-17/h10,12,16-17H,4-9,11H2,1-3H3. The van der Waals surface area contributed by atoms with Gasteiger partial charge in [0.1, 0.15) is 18.0 Å². The maximum Gasteiger partial charge on any atom is 0.254 e. The van der Waals surface area contributed by atoms with E-state index in [9.17, 15) is 0 Å². The summed E-state index contributed by atoms with van der Waals surface area (Å²) in [5, 5.41) is 4.34. The van der Waals surface area contributed by atoms with Gasteiger partial charge in [0.2, 0.25) is 5.88 Å². The van der Waals surface area contributed by atoms with Gasteiger partial charge >= 0.3 is 0 Å². The van der Waals surface area contributed by atoms with Crippen LogP contribution in [-0.2, 0) is 0 Å². The summed E-state index contributed by atoms with van der Waals surface area (Å²) >= 11 is 0. The van der Waals surface area contributed by atoms with Gasteiger partial charge in [0.05, 0.1) is 6.61 Å². The Hall–Kier alpha value is -2.77. The van der Waals surface area contributed by atoms with Crippen LogP contribution in [0.5, 0.6) is 5.88 Å². The van der Waals surface area contributed by atoms with E-state index in [1.807, 2.05) is 11.4 Å². The maximum atomic E-state index is 6.19. The van der Waals surface area contributed by atoms with Crippen molar-refractivity contribution in [1.82, 2.24) is 29.5 Å². The third-order valence-electron chi connectivity index (χ3n) is 6.06. The number of piperidine rings is 1. The number of aryl methyl sites for hydroxylation is 2. The van der Waals surface area contributed by atoms with E-state index < -0.39 is 0 Å². The zero-order valence-corrected chi connectivity index (χ0v) is 17.3. The van der Waals surface area contributed by atoms with Gasteiger partial charge in [-0.25, -0.2) is 9.97 Å². The number of rotatable bonds is 5. The van der Waals surface area contributed by atoms with Crippen molar-refractivity contribution in [2.24, 2.45) is 5.92 Å². The second-order valence-corrected chi connectivity index (χ2v) is 8.34. The highest BCUT2D eigenvalue weighted by Gasteiger charge is 2.28. The monoisotopic (exact) mass is 393 g/mol. The molecular formula is C21H27N7O. The minimum absolute atomic E-state index is 0.527. The lowest BCUT2D eigenvalue weighted by molar-refractivity contribution is 0.213. The topological polar surface area (TPSA) is 81.3 Å². The van der Waals surface area contributed by atoms with Crippen LogP contribution in [0, 0.1) is 26.7 Å². The van der Waals surface area contributed by atoms with E-state index >= 15 is 0 Å². The zero-order valence-electron chi connectivity index (χ0n) is 17.3. The molecule has 8 nitrogen and oxygen atoms in total. The Kier molecular flexibility index (Phi) is 4.56. The summed E-state index contributed by atoms with van der Waals surface area (Å²) in [5.41, 5.74) is 3.07. The molecule has 3 aromatic rings. The van der Waals surface area contributed by atoms with E-state index in [0.29, 0.717) is 24.2 Å². The molecule has 1 saturated heterocycles. The van der Waals surface area contributed by atoms with Crippen molar-refractivity contribution in [3.8, 4) is 5.88 Å². The number of hydrogen-bond donors (Lipinski definition) is 0. The first-order valence-corrected chi connectivity index (χ1v) is 10.5. The summed E-state index contributed by atoms with van der Waals surface area (Å²) in [6.07, 6.45) is 6.13. The molecule has 0 N–H and O–H groups in total. The van der Waals surface area contributed by atoms with Crippen LogP contribution in [0.15, 0.2) is 12.4 Å². The smallest absolute Gasteiger partial charge is 0.254 e. The average Bonchev–Trinajstić information content (AvgIpc) is 3.47. The molecule has 1 aliphatic carbocycles. The first kappa shape index (κ1) is 18.3. The summed E-state index contributed by atoms with van der Waals surface area (Å²) in [6.45, 7) is 8.77. The van der Waals surface area contributed by atoms with Gasteiger partial charge in [-0.2, -0.15) is 19.6 Å². The van der Waals surface area contributed by atoms with Gasteiger partial charge in [0.25, 0.3) is 5.78 Å². The van der Waals surface area contributed by atoms with Crippen molar-refractivity contribution in [3.63, 3.8) is 0 Å². The molecule has 0 amide bonds. The summed E-state index contributed by atoms with van der Waals surface area (Å²) in [7, 11) is 0. The summed E-state index contributed by atoms with van der Waals surface area (Å²) < 4.78 is 8.02. The minimum atomic E-state index is 0.527. The first-order valence-electron chi connectivity index (χ1n) is 10.5. The van der Waals surface area contributed by atoms with E-state index in [2.05, 4.69) is 44.9 Å². The Morgan fingerprint density at radius 1 is 1.03 bits per heavy atom. The number of nitrogens with zero attached hydrogens (tertiary/aromatic N) is 7. The van der Waals surface area contributed by atoms with E-state index in [1.165, 1.54) is 12.8 Å². The van der Waals surface area contributed by atoms with Gasteiger partial charge in [-0.3, -0.25) is 0 Å². The van der Waals surface area contributed by atoms with Gasteiger partial charge in [0.15, 0.2) is 0 Å². The van der Waals surface area contributed by atoms with Crippen molar-refractivity contribution in [2.75, 3.05) is 24.6 Å². The van der Waals surface area contributed by atoms with Crippen molar-refractivity contribution < 1.29 is 4.74 Å². The highest BCUT2D eigenvalue weighted by atomic mass is 16.5. The number of anilines is 1. The quantitative estimate of drug-likeness (QED) is 0.659. The lowest BCUT2D eigenvalue weighted by Crippen LogP contribution is -2.37. The number of fused-ring (bicyclic) bond motifs is 1. The SMILES string of the molecule is Cc1cc(N2CCC(COc3nc(C4CC4)nc(C)c3C)CC2)n2ncnc2n1. The summed E-state index contributed by atoms with van der Waals surface area (Å²) in [6, 6.07) is 2.09. The highest BCUT2D eigenvalue weighted by molar-refractivity contribution is 5.47. The largest absolute Gasteiger partial charge is 0.477 e. The van der Waals surface area contributed by atoms with E-state index in [4.69, 9.17) is 9.72 Å². The predicted molar refractivity (Wildman–Crippen MR) is 109 cm³/mol. The fourth-order valence-corrected chi connectivity index (χ4v) is 3.95. The van der Waals surface area contributed by atoms with Gasteiger partial charge in [-0.1, -0.05) is 0 Å². The van der Waals surface area contributed by atoms with Crippen LogP contribution in [0.25, 0.3) is 5.78 Å². The second-order valence-electron chi connectivity index (χ2n) is 8.34. The van der Waals surface area contributed by atoms with Crippen LogP contribution < -0.4 is 9.64 Å². The van der Waals surface area contributed by atoms with Crippen LogP contribution in [0.4, 0.5) is 5.82 Å². The normalized spacial score (nSPS) is 17.8. The summed E-state index contributed by atoms with van der Waals surface area (Å²) in [4.78, 5) is 20.4. The number of hydrogen-bond acceptors (Lipinski definition) is 7. The molecule has 8 heteroatoms. The minimum Gasteiger partial charge on any atom is -0.477 e. The fourth-order valence-electron chi connectivity index (χ4n) is 3.95. The van der Waals surface area contributed by atoms with Gasteiger partial charge < -0.3 is 9.64 Å². The van der Waals surface area contributed by atoms with E-state index in [-0.39, 0.29) is 0 Å². The van der Waals surface area contributed by atoms with Crippen LogP contribution in [0.2, 0.25) is 0 Å². The third-order valence-corrected chi connectivity index (χ3v) is 6.06. The molecule has 1 aliphatic heterocycles. The van der Waals surface area contributed by atoms with Gasteiger partial charge in [-0.05, 0) is 52.4 Å². The predicted octanol–water partition coefficient (Wildman–Crippen LogP) is 3.01. The van der Waals surface area contributed by atoms with Gasteiger partial charge in [0, 0.05) is 42.0 Å². The molecule has 0 bridgehead atoms. The van der Waals surface area contributed by atoms with E-state index in [1.54, 1.807) is 6.33 Å². The van der Waals surface area contributed by atoms with Crippen molar-refractivity contribution in [2.45, 2.75) is 52.4 Å². The molecule has 4 heterocycles. The van der Waals surface area contributed by atoms with Crippen LogP contribution in [-0.4, -0.2) is 49.2 Å². The third kappa shape index (κ3) is 3.63. The fraction of sp³-hybridized carbons (Fsp3) is 0.571. The molecule has 3 aromatic heterocycles. The lowest BCUT2D eigenvalue weighted by Gasteiger charge is -2.33. The molecule has 0 radical (unpaired) electrons. The molecule has 5 rings (SSSR count). The molecule has 2 aliphatic rings. The molecule has 152 valence electrons. The van der Waals surface area contributed by atoms with Crippen LogP contribution in [0.3, 0.4) is 0 Å². The van der Waals surface area contributed by atoms with Crippen LogP contribution in [0.1, 0.15) is 54.4 Å². The number of aromatic nitrogens is 6. The first-order chi connectivity index (χ1) is 14.1.